The Morgan fingerprint density at radius 1 is 1.24 bits per heavy atom. The van der Waals surface area contributed by atoms with E-state index in [0.29, 0.717) is 30.6 Å². The second-order valence-corrected chi connectivity index (χ2v) is 8.31. The molecule has 0 amide bonds. The van der Waals surface area contributed by atoms with Crippen LogP contribution < -0.4 is 4.74 Å². The van der Waals surface area contributed by atoms with E-state index in [9.17, 15) is 14.6 Å². The van der Waals surface area contributed by atoms with Gasteiger partial charge in [0.1, 0.15) is 5.82 Å². The molecule has 2 heterocycles. The van der Waals surface area contributed by atoms with Crippen molar-refractivity contribution in [2.24, 2.45) is 0 Å². The Morgan fingerprint density at radius 2 is 1.97 bits per heavy atom. The van der Waals surface area contributed by atoms with E-state index in [1.165, 1.54) is 12.1 Å². The Bertz CT molecular complexity index is 899. The van der Waals surface area contributed by atoms with Crippen molar-refractivity contribution in [3.05, 3.63) is 71.6 Å². The number of ether oxygens (including phenoxy) is 1. The smallest absolute Gasteiger partial charge is 0.161 e. The van der Waals surface area contributed by atoms with Crippen LogP contribution in [0.1, 0.15) is 42.4 Å². The van der Waals surface area contributed by atoms with E-state index >= 15 is 0 Å². The van der Waals surface area contributed by atoms with Crippen molar-refractivity contribution in [3.63, 3.8) is 0 Å². The fourth-order valence-corrected chi connectivity index (χ4v) is 5.09. The van der Waals surface area contributed by atoms with Crippen molar-refractivity contribution in [3.8, 4) is 11.5 Å². The van der Waals surface area contributed by atoms with Gasteiger partial charge in [-0.15, -0.1) is 6.58 Å². The van der Waals surface area contributed by atoms with Crippen LogP contribution in [0.4, 0.5) is 4.39 Å². The molecule has 0 saturated carbocycles. The van der Waals surface area contributed by atoms with E-state index in [4.69, 9.17) is 4.74 Å². The first-order valence-electron chi connectivity index (χ1n) is 10.2. The summed E-state index contributed by atoms with van der Waals surface area (Å²) in [5, 5.41) is 21.6. The van der Waals surface area contributed by atoms with Gasteiger partial charge in [0.05, 0.1) is 12.7 Å². The summed E-state index contributed by atoms with van der Waals surface area (Å²) in [5.74, 6) is 0.329. The van der Waals surface area contributed by atoms with Crippen LogP contribution in [0.5, 0.6) is 11.5 Å². The third-order valence-electron chi connectivity index (χ3n) is 6.44. The van der Waals surface area contributed by atoms with Crippen LogP contribution in [0.15, 0.2) is 49.1 Å². The molecule has 2 N–H and O–H groups in total. The summed E-state index contributed by atoms with van der Waals surface area (Å²) in [4.78, 5) is 2.44. The van der Waals surface area contributed by atoms with Crippen molar-refractivity contribution >= 4 is 0 Å². The highest BCUT2D eigenvalue weighted by Crippen LogP contribution is 2.46. The Kier molecular flexibility index (Phi) is 5.36. The molecule has 2 aromatic rings. The van der Waals surface area contributed by atoms with Gasteiger partial charge >= 0.3 is 0 Å². The van der Waals surface area contributed by atoms with Crippen LogP contribution in [0.2, 0.25) is 0 Å². The molecule has 29 heavy (non-hydrogen) atoms. The van der Waals surface area contributed by atoms with E-state index in [1.807, 2.05) is 18.2 Å². The number of phenolic OH excluding ortho intramolecular Hbond substituents is 1. The molecule has 2 aromatic carbocycles. The van der Waals surface area contributed by atoms with Crippen LogP contribution in [-0.4, -0.2) is 34.3 Å². The molecule has 4 rings (SSSR count). The molecule has 154 valence electrons. The molecule has 0 aromatic heterocycles. The van der Waals surface area contributed by atoms with E-state index in [1.54, 1.807) is 19.3 Å². The molecular weight excluding hydrogens is 369 g/mol. The topological polar surface area (TPSA) is 52.9 Å². The fourth-order valence-electron chi connectivity index (χ4n) is 5.09. The number of aromatic hydroxyl groups is 1. The molecule has 0 spiro atoms. The highest BCUT2D eigenvalue weighted by molar-refractivity contribution is 5.49. The van der Waals surface area contributed by atoms with Crippen molar-refractivity contribution in [1.29, 1.82) is 0 Å². The van der Waals surface area contributed by atoms with Gasteiger partial charge in [-0.05, 0) is 61.4 Å². The van der Waals surface area contributed by atoms with E-state index in [0.717, 1.165) is 30.5 Å². The minimum Gasteiger partial charge on any atom is -0.504 e. The minimum atomic E-state index is -0.981. The largest absolute Gasteiger partial charge is 0.504 e. The third-order valence-corrected chi connectivity index (χ3v) is 6.44. The summed E-state index contributed by atoms with van der Waals surface area (Å²) in [6.07, 6.45) is 5.58. The van der Waals surface area contributed by atoms with E-state index in [2.05, 4.69) is 11.5 Å². The monoisotopic (exact) mass is 397 g/mol. The maximum Gasteiger partial charge on any atom is 0.161 e. The first kappa shape index (κ1) is 19.9. The highest BCUT2D eigenvalue weighted by Gasteiger charge is 2.48. The number of rotatable bonds is 6. The van der Waals surface area contributed by atoms with Gasteiger partial charge in [0.2, 0.25) is 0 Å². The zero-order chi connectivity index (χ0) is 20.6. The standard InChI is InChI=1S/C24H28FNO3/c1-3-5-17-10-16(11-22(29-2)23(17)27)15-26-20-8-9-21(26)14-24(28,13-20)18-6-4-7-19(25)12-18/h3-4,6-7,10-12,20-21,27-28H,1,5,8-9,13-15H2,2H3/t20-,21-/m0/s1. The van der Waals surface area contributed by atoms with E-state index in [-0.39, 0.29) is 23.7 Å². The maximum atomic E-state index is 13.7. The summed E-state index contributed by atoms with van der Waals surface area (Å²) in [5.41, 5.74) is 1.57. The zero-order valence-electron chi connectivity index (χ0n) is 16.8. The number of piperidine rings is 1. The summed E-state index contributed by atoms with van der Waals surface area (Å²) in [7, 11) is 1.56. The van der Waals surface area contributed by atoms with Crippen LogP contribution in [0.25, 0.3) is 0 Å². The summed E-state index contributed by atoms with van der Waals surface area (Å²) in [6.45, 7) is 4.50. The van der Waals surface area contributed by atoms with Crippen LogP contribution in [0, 0.1) is 5.82 Å². The van der Waals surface area contributed by atoms with Gasteiger partial charge in [0.25, 0.3) is 0 Å². The molecular formula is C24H28FNO3. The molecule has 0 radical (unpaired) electrons. The lowest BCUT2D eigenvalue weighted by atomic mass is 9.80. The Morgan fingerprint density at radius 3 is 2.59 bits per heavy atom. The van der Waals surface area contributed by atoms with Gasteiger partial charge in [-0.3, -0.25) is 4.90 Å². The number of methoxy groups -OCH3 is 1. The van der Waals surface area contributed by atoms with Gasteiger partial charge in [-0.25, -0.2) is 4.39 Å². The van der Waals surface area contributed by atoms with Gasteiger partial charge in [0.15, 0.2) is 11.5 Å². The Labute approximate surface area is 171 Å². The molecule has 0 unspecified atom stereocenters. The number of fused-ring (bicyclic) bond motifs is 2. The molecule has 0 aliphatic carbocycles. The van der Waals surface area contributed by atoms with Crippen LogP contribution in [-0.2, 0) is 18.6 Å². The normalized spacial score (nSPS) is 26.4. The lowest BCUT2D eigenvalue weighted by molar-refractivity contribution is -0.0596. The quantitative estimate of drug-likeness (QED) is 0.715. The van der Waals surface area contributed by atoms with Crippen molar-refractivity contribution < 1.29 is 19.3 Å². The number of allylic oxidation sites excluding steroid dienone is 1. The third kappa shape index (κ3) is 3.77. The molecule has 5 heteroatoms. The minimum absolute atomic E-state index is 0.165. The molecule has 2 aliphatic heterocycles. The average molecular weight is 397 g/mol. The zero-order valence-corrected chi connectivity index (χ0v) is 16.8. The molecule has 2 fully saturated rings. The van der Waals surface area contributed by atoms with Crippen molar-refractivity contribution in [2.45, 2.75) is 56.3 Å². The molecule has 2 atom stereocenters. The number of phenols is 1. The number of hydrogen-bond donors (Lipinski definition) is 2. The van der Waals surface area contributed by atoms with Gasteiger partial charge in [-0.1, -0.05) is 24.3 Å². The highest BCUT2D eigenvalue weighted by atomic mass is 19.1. The first-order chi connectivity index (χ1) is 13.9. The van der Waals surface area contributed by atoms with Crippen LogP contribution >= 0.6 is 0 Å². The SMILES string of the molecule is C=CCc1cc(CN2[C@H]3CC[C@H]2CC(O)(c2cccc(F)c2)C3)cc(OC)c1O. The second kappa shape index (κ2) is 7.81. The lowest BCUT2D eigenvalue weighted by Gasteiger charge is -2.44. The summed E-state index contributed by atoms with van der Waals surface area (Å²) >= 11 is 0. The predicted molar refractivity (Wildman–Crippen MR) is 110 cm³/mol. The fraction of sp³-hybridized carbons (Fsp3) is 0.417. The maximum absolute atomic E-state index is 13.7. The Balaban J connectivity index is 1.57. The average Bonchev–Trinajstić information content (AvgIpc) is 2.94. The number of benzene rings is 2. The number of hydrogen-bond acceptors (Lipinski definition) is 4. The number of aliphatic hydroxyl groups is 1. The van der Waals surface area contributed by atoms with Gasteiger partial charge in [0, 0.05) is 24.2 Å². The van der Waals surface area contributed by atoms with Crippen LogP contribution in [0.3, 0.4) is 0 Å². The summed E-state index contributed by atoms with van der Waals surface area (Å²) in [6, 6.07) is 10.7. The van der Waals surface area contributed by atoms with Crippen molar-refractivity contribution in [1.82, 2.24) is 4.90 Å². The number of nitrogens with zero attached hydrogens (tertiary/aromatic N) is 1. The van der Waals surface area contributed by atoms with Crippen molar-refractivity contribution in [2.75, 3.05) is 7.11 Å². The lowest BCUT2D eigenvalue weighted by Crippen LogP contribution is -2.49. The molecule has 4 nitrogen and oxygen atoms in total. The van der Waals surface area contributed by atoms with Gasteiger partial charge < -0.3 is 14.9 Å². The second-order valence-electron chi connectivity index (χ2n) is 8.31. The predicted octanol–water partition coefficient (Wildman–Crippen LogP) is 4.28. The molecule has 2 bridgehead atoms. The van der Waals surface area contributed by atoms with E-state index < -0.39 is 5.60 Å². The molecule has 2 aliphatic rings. The van der Waals surface area contributed by atoms with Gasteiger partial charge in [-0.2, -0.15) is 0 Å². The Hall–Kier alpha value is -2.37. The number of halogens is 1. The summed E-state index contributed by atoms with van der Waals surface area (Å²) < 4.78 is 19.1. The first-order valence-corrected chi connectivity index (χ1v) is 10.2. The molecule has 2 saturated heterocycles.